The molecule has 0 aliphatic rings. The van der Waals surface area contributed by atoms with Crippen molar-refractivity contribution < 1.29 is 13.9 Å². The van der Waals surface area contributed by atoms with Crippen molar-refractivity contribution in [2.75, 3.05) is 5.32 Å². The Morgan fingerprint density at radius 3 is 2.43 bits per heavy atom. The standard InChI is InChI=1S/C18H16N2O3/c1-13-17(22-12-19-13)11-18(21)20-14-7-9-16(10-8-14)23-15-5-3-2-4-6-15/h2-10,12H,11H2,1H3,(H,20,21). The van der Waals surface area contributed by atoms with Crippen LogP contribution < -0.4 is 10.1 Å². The first-order valence-corrected chi connectivity index (χ1v) is 7.22. The van der Waals surface area contributed by atoms with E-state index in [9.17, 15) is 4.79 Å². The van der Waals surface area contributed by atoms with Gasteiger partial charge in [0.25, 0.3) is 0 Å². The molecule has 0 saturated carbocycles. The normalized spacial score (nSPS) is 10.3. The number of oxazole rings is 1. The van der Waals surface area contributed by atoms with Crippen LogP contribution in [0.15, 0.2) is 65.4 Å². The maximum atomic E-state index is 12.0. The molecule has 5 heteroatoms. The van der Waals surface area contributed by atoms with Gasteiger partial charge in [-0.1, -0.05) is 18.2 Å². The molecule has 0 radical (unpaired) electrons. The van der Waals surface area contributed by atoms with E-state index in [-0.39, 0.29) is 12.3 Å². The van der Waals surface area contributed by atoms with Crippen LogP contribution in [0.5, 0.6) is 11.5 Å². The lowest BCUT2D eigenvalue weighted by Crippen LogP contribution is -2.14. The van der Waals surface area contributed by atoms with E-state index in [2.05, 4.69) is 10.3 Å². The Balaban J connectivity index is 1.59. The molecule has 23 heavy (non-hydrogen) atoms. The van der Waals surface area contributed by atoms with E-state index < -0.39 is 0 Å². The number of nitrogens with one attached hydrogen (secondary N) is 1. The molecule has 1 amide bonds. The number of benzene rings is 2. The van der Waals surface area contributed by atoms with Gasteiger partial charge in [0.2, 0.25) is 5.91 Å². The molecule has 1 aromatic heterocycles. The van der Waals surface area contributed by atoms with Crippen molar-refractivity contribution in [1.82, 2.24) is 4.98 Å². The fraction of sp³-hybridized carbons (Fsp3) is 0.111. The predicted molar refractivity (Wildman–Crippen MR) is 86.5 cm³/mol. The maximum absolute atomic E-state index is 12.0. The monoisotopic (exact) mass is 308 g/mol. The molecule has 0 bridgehead atoms. The minimum atomic E-state index is -0.151. The number of anilines is 1. The summed E-state index contributed by atoms with van der Waals surface area (Å²) in [6.45, 7) is 1.81. The van der Waals surface area contributed by atoms with Crippen molar-refractivity contribution in [3.8, 4) is 11.5 Å². The molecule has 0 spiro atoms. The summed E-state index contributed by atoms with van der Waals surface area (Å²) in [6, 6.07) is 16.7. The molecule has 0 unspecified atom stereocenters. The molecule has 0 aliphatic heterocycles. The summed E-state index contributed by atoms with van der Waals surface area (Å²) < 4.78 is 10.9. The number of aryl methyl sites for hydroxylation is 1. The van der Waals surface area contributed by atoms with Crippen molar-refractivity contribution >= 4 is 11.6 Å². The van der Waals surface area contributed by atoms with Gasteiger partial charge in [-0.25, -0.2) is 4.98 Å². The fourth-order valence-corrected chi connectivity index (χ4v) is 2.08. The zero-order valence-electron chi connectivity index (χ0n) is 12.7. The van der Waals surface area contributed by atoms with E-state index in [1.54, 1.807) is 12.1 Å². The third kappa shape index (κ3) is 3.97. The SMILES string of the molecule is Cc1ncoc1CC(=O)Nc1ccc(Oc2ccccc2)cc1. The molecule has 0 fully saturated rings. The van der Waals surface area contributed by atoms with E-state index in [1.165, 1.54) is 6.39 Å². The Kier molecular flexibility index (Phi) is 4.38. The second-order valence-electron chi connectivity index (χ2n) is 5.03. The highest BCUT2D eigenvalue weighted by molar-refractivity contribution is 5.92. The van der Waals surface area contributed by atoms with Gasteiger partial charge in [0.1, 0.15) is 17.3 Å². The van der Waals surface area contributed by atoms with E-state index >= 15 is 0 Å². The quantitative estimate of drug-likeness (QED) is 0.775. The fourth-order valence-electron chi connectivity index (χ4n) is 2.08. The second-order valence-corrected chi connectivity index (χ2v) is 5.03. The molecule has 2 aromatic carbocycles. The van der Waals surface area contributed by atoms with Gasteiger partial charge in [0, 0.05) is 5.69 Å². The van der Waals surface area contributed by atoms with Gasteiger partial charge >= 0.3 is 0 Å². The Morgan fingerprint density at radius 2 is 1.78 bits per heavy atom. The summed E-state index contributed by atoms with van der Waals surface area (Å²) in [5.41, 5.74) is 1.43. The molecule has 0 saturated heterocycles. The van der Waals surface area contributed by atoms with E-state index in [1.807, 2.05) is 49.4 Å². The highest BCUT2D eigenvalue weighted by Gasteiger charge is 2.10. The molecule has 116 valence electrons. The average molecular weight is 308 g/mol. The van der Waals surface area contributed by atoms with E-state index in [4.69, 9.17) is 9.15 Å². The number of hydrogen-bond donors (Lipinski definition) is 1. The first kappa shape index (κ1) is 14.8. The van der Waals surface area contributed by atoms with Gasteiger partial charge < -0.3 is 14.5 Å². The maximum Gasteiger partial charge on any atom is 0.232 e. The Morgan fingerprint density at radius 1 is 1.09 bits per heavy atom. The van der Waals surface area contributed by atoms with Crippen LogP contribution in [-0.4, -0.2) is 10.9 Å². The van der Waals surface area contributed by atoms with Gasteiger partial charge in [-0.05, 0) is 43.3 Å². The van der Waals surface area contributed by atoms with Crippen LogP contribution in [-0.2, 0) is 11.2 Å². The number of rotatable bonds is 5. The zero-order valence-corrected chi connectivity index (χ0v) is 12.7. The topological polar surface area (TPSA) is 64.4 Å². The predicted octanol–water partition coefficient (Wildman–Crippen LogP) is 3.96. The smallest absolute Gasteiger partial charge is 0.232 e. The van der Waals surface area contributed by atoms with Crippen molar-refractivity contribution in [1.29, 1.82) is 0 Å². The number of carbonyl (C=O) groups is 1. The van der Waals surface area contributed by atoms with Gasteiger partial charge in [-0.2, -0.15) is 0 Å². The van der Waals surface area contributed by atoms with E-state index in [0.717, 1.165) is 11.4 Å². The largest absolute Gasteiger partial charge is 0.457 e. The summed E-state index contributed by atoms with van der Waals surface area (Å²) in [5, 5.41) is 2.82. The third-order valence-corrected chi connectivity index (χ3v) is 3.28. The molecular weight excluding hydrogens is 292 g/mol. The first-order chi connectivity index (χ1) is 11.2. The molecule has 5 nitrogen and oxygen atoms in total. The number of hydrogen-bond acceptors (Lipinski definition) is 4. The highest BCUT2D eigenvalue weighted by Crippen LogP contribution is 2.22. The summed E-state index contributed by atoms with van der Waals surface area (Å²) in [7, 11) is 0. The minimum absolute atomic E-state index is 0.151. The van der Waals surface area contributed by atoms with Crippen molar-refractivity contribution in [2.45, 2.75) is 13.3 Å². The molecule has 1 heterocycles. The third-order valence-electron chi connectivity index (χ3n) is 3.28. The van der Waals surface area contributed by atoms with Gasteiger partial charge in [-0.3, -0.25) is 4.79 Å². The van der Waals surface area contributed by atoms with E-state index in [0.29, 0.717) is 17.2 Å². The number of ether oxygens (including phenoxy) is 1. The van der Waals surface area contributed by atoms with Crippen molar-refractivity contribution in [3.63, 3.8) is 0 Å². The number of nitrogens with zero attached hydrogens (tertiary/aromatic N) is 1. The summed E-state index contributed by atoms with van der Waals surface area (Å²) >= 11 is 0. The van der Waals surface area contributed by atoms with Crippen LogP contribution in [0.1, 0.15) is 11.5 Å². The lowest BCUT2D eigenvalue weighted by molar-refractivity contribution is -0.115. The van der Waals surface area contributed by atoms with Gasteiger partial charge in [0.05, 0.1) is 12.1 Å². The molecule has 3 aromatic rings. The molecule has 1 N–H and O–H groups in total. The number of amides is 1. The average Bonchev–Trinajstić information content (AvgIpc) is 2.95. The van der Waals surface area contributed by atoms with Crippen LogP contribution in [0.2, 0.25) is 0 Å². The summed E-state index contributed by atoms with van der Waals surface area (Å²) in [4.78, 5) is 15.9. The van der Waals surface area contributed by atoms with Crippen LogP contribution in [0.25, 0.3) is 0 Å². The van der Waals surface area contributed by atoms with Crippen molar-refractivity contribution in [2.24, 2.45) is 0 Å². The van der Waals surface area contributed by atoms with Crippen molar-refractivity contribution in [3.05, 3.63) is 72.4 Å². The van der Waals surface area contributed by atoms with Crippen LogP contribution in [0.3, 0.4) is 0 Å². The molecule has 3 rings (SSSR count). The number of carbonyl (C=O) groups excluding carboxylic acids is 1. The van der Waals surface area contributed by atoms with Crippen LogP contribution in [0.4, 0.5) is 5.69 Å². The summed E-state index contributed by atoms with van der Waals surface area (Å²) in [5.74, 6) is 1.90. The highest BCUT2D eigenvalue weighted by atomic mass is 16.5. The number of para-hydroxylation sites is 1. The molecule has 0 atom stereocenters. The minimum Gasteiger partial charge on any atom is -0.457 e. The van der Waals surface area contributed by atoms with Gasteiger partial charge in [0.15, 0.2) is 6.39 Å². The molecule has 0 aliphatic carbocycles. The Hall–Kier alpha value is -3.08. The summed E-state index contributed by atoms with van der Waals surface area (Å²) in [6.07, 6.45) is 1.50. The first-order valence-electron chi connectivity index (χ1n) is 7.22. The lowest BCUT2D eigenvalue weighted by atomic mass is 10.2. The van der Waals surface area contributed by atoms with Crippen LogP contribution >= 0.6 is 0 Å². The molecular formula is C18H16N2O3. The Labute approximate surface area is 133 Å². The van der Waals surface area contributed by atoms with Gasteiger partial charge in [-0.15, -0.1) is 0 Å². The van der Waals surface area contributed by atoms with Crippen LogP contribution in [0, 0.1) is 6.92 Å². The Bertz CT molecular complexity index is 780. The zero-order chi connectivity index (χ0) is 16.1. The lowest BCUT2D eigenvalue weighted by Gasteiger charge is -2.07. The second kappa shape index (κ2) is 6.79. The number of aromatic nitrogens is 1.